The van der Waals surface area contributed by atoms with Crippen LogP contribution < -0.4 is 10.6 Å². The quantitative estimate of drug-likeness (QED) is 0.257. The van der Waals surface area contributed by atoms with Crippen molar-refractivity contribution in [1.82, 2.24) is 20.4 Å². The van der Waals surface area contributed by atoms with Crippen LogP contribution in [0.2, 0.25) is 0 Å². The normalized spacial score (nSPS) is 10.9. The molecule has 13 heteroatoms. The highest BCUT2D eigenvalue weighted by Gasteiger charge is 2.32. The van der Waals surface area contributed by atoms with Crippen molar-refractivity contribution in [3.63, 3.8) is 0 Å². The van der Waals surface area contributed by atoms with Gasteiger partial charge in [0.05, 0.1) is 25.0 Å². The number of halogens is 1. The summed E-state index contributed by atoms with van der Waals surface area (Å²) in [4.78, 5) is 24.3. The highest BCUT2D eigenvalue weighted by molar-refractivity contribution is 7.15. The van der Waals surface area contributed by atoms with Crippen LogP contribution in [0.3, 0.4) is 0 Å². The lowest BCUT2D eigenvalue weighted by Gasteiger charge is -2.22. The van der Waals surface area contributed by atoms with E-state index in [4.69, 9.17) is 0 Å². The Morgan fingerprint density at radius 3 is 2.03 bits per heavy atom. The van der Waals surface area contributed by atoms with Crippen molar-refractivity contribution in [2.75, 3.05) is 23.8 Å². The van der Waals surface area contributed by atoms with E-state index in [0.717, 1.165) is 22.9 Å². The Morgan fingerprint density at radius 2 is 1.50 bits per heavy atom. The van der Waals surface area contributed by atoms with Gasteiger partial charge in [0.25, 0.3) is 0 Å². The molecule has 0 aliphatic heterocycles. The predicted molar refractivity (Wildman–Crippen MR) is 137 cm³/mol. The molecule has 36 heavy (non-hydrogen) atoms. The molecule has 2 amide bonds. The van der Waals surface area contributed by atoms with Crippen LogP contribution in [0.1, 0.15) is 49.2 Å². The van der Waals surface area contributed by atoms with Gasteiger partial charge in [-0.25, -0.2) is 4.39 Å². The molecule has 0 radical (unpaired) electrons. The van der Waals surface area contributed by atoms with Gasteiger partial charge in [0.2, 0.25) is 22.1 Å². The van der Waals surface area contributed by atoms with E-state index in [9.17, 15) is 24.2 Å². The number of hydrogen-bond donors (Lipinski definition) is 4. The number of hydrogen-bond acceptors (Lipinski definition) is 10. The first-order chi connectivity index (χ1) is 17.3. The summed E-state index contributed by atoms with van der Waals surface area (Å²) in [5.74, 6) is -1.19. The van der Waals surface area contributed by atoms with Gasteiger partial charge in [-0.2, -0.15) is 0 Å². The summed E-state index contributed by atoms with van der Waals surface area (Å²) in [6, 6.07) is 5.89. The number of anilines is 2. The first kappa shape index (κ1) is 29.4. The Balaban J connectivity index is 0.00000222. The number of nitrogens with one attached hydrogen (secondary N) is 2. The maximum absolute atomic E-state index is 13.2. The van der Waals surface area contributed by atoms with Gasteiger partial charge >= 0.3 is 0 Å². The minimum absolute atomic E-state index is 0.0518. The van der Waals surface area contributed by atoms with Gasteiger partial charge in [-0.1, -0.05) is 48.7 Å². The molecule has 0 saturated carbocycles. The number of aliphatic hydroxyl groups is 2. The summed E-state index contributed by atoms with van der Waals surface area (Å²) >= 11 is 2.54. The Kier molecular flexibility index (Phi) is 11.9. The maximum Gasteiger partial charge on any atom is 0.236 e. The molecule has 0 saturated heterocycles. The van der Waals surface area contributed by atoms with Crippen LogP contribution in [-0.2, 0) is 28.9 Å². The van der Waals surface area contributed by atoms with E-state index < -0.39 is 24.5 Å². The smallest absolute Gasteiger partial charge is 0.236 e. The third kappa shape index (κ3) is 8.97. The van der Waals surface area contributed by atoms with Gasteiger partial charge in [-0.15, -0.1) is 20.4 Å². The number of rotatable bonds is 12. The first-order valence-corrected chi connectivity index (χ1v) is 13.2. The average molecular weight is 539 g/mol. The van der Waals surface area contributed by atoms with Gasteiger partial charge < -0.3 is 15.5 Å². The second-order valence-electron chi connectivity index (χ2n) is 7.89. The molecule has 2 aromatic heterocycles. The zero-order valence-electron chi connectivity index (χ0n) is 20.5. The minimum Gasteiger partial charge on any atom is -0.395 e. The fourth-order valence-corrected chi connectivity index (χ4v) is 4.37. The molecule has 0 unspecified atom stereocenters. The second-order valence-corrected chi connectivity index (χ2v) is 10.0. The van der Waals surface area contributed by atoms with Crippen molar-refractivity contribution in [3.05, 3.63) is 45.7 Å². The number of aromatic nitrogens is 4. The van der Waals surface area contributed by atoms with Crippen molar-refractivity contribution in [2.45, 2.75) is 52.9 Å². The van der Waals surface area contributed by atoms with Crippen molar-refractivity contribution in [2.24, 2.45) is 5.41 Å². The number of benzene rings is 1. The Morgan fingerprint density at radius 1 is 0.944 bits per heavy atom. The number of aliphatic hydroxyl groups excluding tert-OH is 2. The molecule has 3 aromatic rings. The number of nitrogens with zero attached hydrogens (tertiary/aromatic N) is 4. The molecule has 2 heterocycles. The molecule has 4 N–H and O–H groups in total. The Labute approximate surface area is 217 Å². The SMILES string of the molecule is CC.CC(CO)(CO)C(=O)Nc1nnc(CCCCc2nnc(NC(=O)Cc3cccc(F)c3)s2)s1. The molecule has 10 nitrogen and oxygen atoms in total. The van der Waals surface area contributed by atoms with E-state index in [-0.39, 0.29) is 18.1 Å². The lowest BCUT2D eigenvalue weighted by atomic mass is 9.92. The molecule has 0 aliphatic carbocycles. The highest BCUT2D eigenvalue weighted by atomic mass is 32.1. The van der Waals surface area contributed by atoms with E-state index in [1.54, 1.807) is 12.1 Å². The van der Waals surface area contributed by atoms with Gasteiger partial charge in [-0.05, 0) is 37.5 Å². The molecular formula is C23H31FN6O4S2. The lowest BCUT2D eigenvalue weighted by molar-refractivity contribution is -0.129. The van der Waals surface area contributed by atoms with E-state index in [2.05, 4.69) is 31.0 Å². The number of aryl methyl sites for hydroxylation is 2. The zero-order valence-corrected chi connectivity index (χ0v) is 22.1. The maximum atomic E-state index is 13.2. The molecule has 1 aromatic carbocycles. The number of amides is 2. The van der Waals surface area contributed by atoms with Gasteiger partial charge in [0.15, 0.2) is 0 Å². The summed E-state index contributed by atoms with van der Waals surface area (Å²) in [5, 5.41) is 42.2. The molecule has 0 aliphatic rings. The Bertz CT molecular complexity index is 1120. The lowest BCUT2D eigenvalue weighted by Crippen LogP contribution is -2.39. The fourth-order valence-electron chi connectivity index (χ4n) is 2.80. The summed E-state index contributed by atoms with van der Waals surface area (Å²) in [7, 11) is 0. The van der Waals surface area contributed by atoms with Crippen LogP contribution in [0.15, 0.2) is 24.3 Å². The third-order valence-corrected chi connectivity index (χ3v) is 6.73. The molecule has 0 spiro atoms. The largest absolute Gasteiger partial charge is 0.395 e. The van der Waals surface area contributed by atoms with Crippen LogP contribution in [-0.4, -0.2) is 55.6 Å². The van der Waals surface area contributed by atoms with Crippen LogP contribution >= 0.6 is 22.7 Å². The zero-order chi connectivity index (χ0) is 26.6. The monoisotopic (exact) mass is 538 g/mol. The number of carbonyl (C=O) groups excluding carboxylic acids is 2. The van der Waals surface area contributed by atoms with Crippen LogP contribution in [0.5, 0.6) is 0 Å². The van der Waals surface area contributed by atoms with Gasteiger partial charge in [0.1, 0.15) is 15.8 Å². The third-order valence-electron chi connectivity index (χ3n) is 4.93. The Hall–Kier alpha value is -2.87. The summed E-state index contributed by atoms with van der Waals surface area (Å²) < 4.78 is 13.2. The predicted octanol–water partition coefficient (Wildman–Crippen LogP) is 3.23. The summed E-state index contributed by atoms with van der Waals surface area (Å²) in [6.07, 6.45) is 3.04. The van der Waals surface area contributed by atoms with Crippen LogP contribution in [0.25, 0.3) is 0 Å². The number of carbonyl (C=O) groups is 2. The van der Waals surface area contributed by atoms with Crippen molar-refractivity contribution >= 4 is 44.8 Å². The second kappa shape index (κ2) is 14.6. The standard InChI is InChI=1S/C21H25FN6O4S2.C2H6/c1-21(11-29,12-30)18(32)24-20-28-26-17(34-20)8-3-2-7-16-25-27-19(33-16)23-15(31)10-13-5-4-6-14(22)9-13;1-2/h4-6,9,29-30H,2-3,7-8,10-12H2,1H3,(H,23,27,31)(H,24,28,32);1-2H3. The van der Waals surface area contributed by atoms with Crippen LogP contribution in [0.4, 0.5) is 14.7 Å². The fraction of sp³-hybridized carbons (Fsp3) is 0.478. The minimum atomic E-state index is -1.29. The summed E-state index contributed by atoms with van der Waals surface area (Å²) in [5.41, 5.74) is -0.705. The molecule has 0 atom stereocenters. The van der Waals surface area contributed by atoms with Crippen molar-refractivity contribution < 1.29 is 24.2 Å². The van der Waals surface area contributed by atoms with E-state index in [1.165, 1.54) is 41.7 Å². The summed E-state index contributed by atoms with van der Waals surface area (Å²) in [6.45, 7) is 4.50. The van der Waals surface area contributed by atoms with Gasteiger partial charge in [0, 0.05) is 12.8 Å². The topological polar surface area (TPSA) is 150 Å². The molecule has 0 bridgehead atoms. The van der Waals surface area contributed by atoms with Gasteiger partial charge in [-0.3, -0.25) is 14.9 Å². The molecular weight excluding hydrogens is 507 g/mol. The van der Waals surface area contributed by atoms with Crippen molar-refractivity contribution in [3.8, 4) is 0 Å². The number of unbranched alkanes of at least 4 members (excludes halogenated alkanes) is 1. The van der Waals surface area contributed by atoms with Crippen molar-refractivity contribution in [1.29, 1.82) is 0 Å². The van der Waals surface area contributed by atoms with E-state index in [1.807, 2.05) is 13.8 Å². The van der Waals surface area contributed by atoms with Crippen LogP contribution in [0, 0.1) is 11.2 Å². The molecule has 196 valence electrons. The van der Waals surface area contributed by atoms with E-state index in [0.29, 0.717) is 28.7 Å². The van der Waals surface area contributed by atoms with E-state index >= 15 is 0 Å². The average Bonchev–Trinajstić information content (AvgIpc) is 3.51. The molecule has 0 fully saturated rings. The molecule has 3 rings (SSSR count). The highest BCUT2D eigenvalue weighted by Crippen LogP contribution is 2.23. The first-order valence-electron chi connectivity index (χ1n) is 11.5.